The highest BCUT2D eigenvalue weighted by molar-refractivity contribution is 14.0. The van der Waals surface area contributed by atoms with Crippen LogP contribution in [0.3, 0.4) is 0 Å². The normalized spacial score (nSPS) is 10.9. The lowest BCUT2D eigenvalue weighted by Gasteiger charge is -2.14. The van der Waals surface area contributed by atoms with E-state index in [4.69, 9.17) is 5.73 Å². The molecule has 0 aliphatic heterocycles. The molecule has 0 radical (unpaired) electrons. The number of nitrogens with one attached hydrogen (secondary N) is 1. The number of para-hydroxylation sites is 1. The standard InChI is InChI=1S/C16H21N5.HI/c1-3-12-7-5-8-13(4-2)15(12)20-16(17)18-11-14-9-6-10-19-21-14;/h5-10H,3-4,11H2,1-2H3,(H3,17,18,20);1H. The molecule has 0 saturated carbocycles. The van der Waals surface area contributed by atoms with E-state index in [1.807, 2.05) is 12.1 Å². The fourth-order valence-electron chi connectivity index (χ4n) is 2.15. The van der Waals surface area contributed by atoms with Crippen molar-refractivity contribution in [3.05, 3.63) is 53.3 Å². The van der Waals surface area contributed by atoms with Crippen molar-refractivity contribution >= 4 is 35.6 Å². The molecule has 0 aliphatic rings. The predicted octanol–water partition coefficient (Wildman–Crippen LogP) is 3.15. The second-order valence-corrected chi connectivity index (χ2v) is 4.70. The molecule has 3 N–H and O–H groups in total. The average molecular weight is 411 g/mol. The van der Waals surface area contributed by atoms with E-state index in [0.29, 0.717) is 12.5 Å². The Hall–Kier alpha value is -1.70. The van der Waals surface area contributed by atoms with E-state index < -0.39 is 0 Å². The minimum Gasteiger partial charge on any atom is -0.370 e. The fraction of sp³-hybridized carbons (Fsp3) is 0.312. The third-order valence-corrected chi connectivity index (χ3v) is 3.29. The molecule has 1 heterocycles. The third-order valence-electron chi connectivity index (χ3n) is 3.29. The third kappa shape index (κ3) is 4.94. The van der Waals surface area contributed by atoms with E-state index in [9.17, 15) is 0 Å². The molecule has 1 aromatic carbocycles. The number of aromatic nitrogens is 2. The zero-order chi connectivity index (χ0) is 15.1. The van der Waals surface area contributed by atoms with Crippen LogP contribution in [0.25, 0.3) is 0 Å². The Kier molecular flexibility index (Phi) is 7.79. The first-order chi connectivity index (χ1) is 10.2. The van der Waals surface area contributed by atoms with Gasteiger partial charge in [-0.25, -0.2) is 4.99 Å². The molecule has 0 aliphatic carbocycles. The van der Waals surface area contributed by atoms with Crippen LogP contribution in [0.5, 0.6) is 0 Å². The van der Waals surface area contributed by atoms with Crippen LogP contribution in [-0.2, 0) is 19.4 Å². The first kappa shape index (κ1) is 18.3. The summed E-state index contributed by atoms with van der Waals surface area (Å²) in [5.41, 5.74) is 10.3. The first-order valence-corrected chi connectivity index (χ1v) is 7.18. The summed E-state index contributed by atoms with van der Waals surface area (Å²) in [6, 6.07) is 10.0. The lowest BCUT2D eigenvalue weighted by Crippen LogP contribution is -2.24. The van der Waals surface area contributed by atoms with Gasteiger partial charge in [-0.3, -0.25) is 0 Å². The molecule has 118 valence electrons. The van der Waals surface area contributed by atoms with Crippen LogP contribution in [0, 0.1) is 0 Å². The second kappa shape index (κ2) is 9.34. The van der Waals surface area contributed by atoms with Gasteiger partial charge in [0.2, 0.25) is 0 Å². The summed E-state index contributed by atoms with van der Waals surface area (Å²) in [6.45, 7) is 4.68. The molecule has 5 nitrogen and oxygen atoms in total. The quantitative estimate of drug-likeness (QED) is 0.450. The van der Waals surface area contributed by atoms with Crippen LogP contribution < -0.4 is 11.1 Å². The summed E-state index contributed by atoms with van der Waals surface area (Å²) in [7, 11) is 0. The monoisotopic (exact) mass is 411 g/mol. The van der Waals surface area contributed by atoms with Gasteiger partial charge >= 0.3 is 0 Å². The molecular formula is C16H22IN5. The highest BCUT2D eigenvalue weighted by Crippen LogP contribution is 2.22. The van der Waals surface area contributed by atoms with E-state index in [-0.39, 0.29) is 24.0 Å². The van der Waals surface area contributed by atoms with Crippen molar-refractivity contribution in [3.8, 4) is 0 Å². The molecule has 0 bridgehead atoms. The molecule has 0 spiro atoms. The van der Waals surface area contributed by atoms with Gasteiger partial charge in [0, 0.05) is 11.9 Å². The highest BCUT2D eigenvalue weighted by Gasteiger charge is 2.07. The maximum atomic E-state index is 5.99. The minimum atomic E-state index is 0. The maximum Gasteiger partial charge on any atom is 0.193 e. The van der Waals surface area contributed by atoms with Crippen molar-refractivity contribution in [1.82, 2.24) is 10.2 Å². The van der Waals surface area contributed by atoms with Gasteiger partial charge in [-0.2, -0.15) is 10.2 Å². The van der Waals surface area contributed by atoms with Gasteiger partial charge in [0.1, 0.15) is 0 Å². The number of benzene rings is 1. The van der Waals surface area contributed by atoms with E-state index in [0.717, 1.165) is 24.2 Å². The van der Waals surface area contributed by atoms with Crippen molar-refractivity contribution in [2.45, 2.75) is 33.2 Å². The number of guanidine groups is 1. The molecule has 0 saturated heterocycles. The summed E-state index contributed by atoms with van der Waals surface area (Å²) in [6.07, 6.45) is 3.54. The molecule has 1 aromatic heterocycles. The van der Waals surface area contributed by atoms with Crippen LogP contribution in [-0.4, -0.2) is 16.2 Å². The van der Waals surface area contributed by atoms with Gasteiger partial charge in [-0.1, -0.05) is 32.0 Å². The number of rotatable bonds is 5. The Balaban J connectivity index is 0.00000242. The summed E-state index contributed by atoms with van der Waals surface area (Å²) >= 11 is 0. The van der Waals surface area contributed by atoms with E-state index in [1.54, 1.807) is 6.20 Å². The first-order valence-electron chi connectivity index (χ1n) is 7.18. The van der Waals surface area contributed by atoms with Crippen molar-refractivity contribution in [2.24, 2.45) is 10.7 Å². The van der Waals surface area contributed by atoms with E-state index in [1.165, 1.54) is 11.1 Å². The van der Waals surface area contributed by atoms with Crippen molar-refractivity contribution < 1.29 is 0 Å². The number of aliphatic imine (C=N–C) groups is 1. The lowest BCUT2D eigenvalue weighted by atomic mass is 10.0. The Morgan fingerprint density at radius 3 is 2.36 bits per heavy atom. The second-order valence-electron chi connectivity index (χ2n) is 4.70. The van der Waals surface area contributed by atoms with Crippen molar-refractivity contribution in [1.29, 1.82) is 0 Å². The van der Waals surface area contributed by atoms with Crippen LogP contribution in [0.15, 0.2) is 41.5 Å². The summed E-state index contributed by atoms with van der Waals surface area (Å²) in [5, 5.41) is 11.0. The Bertz CT molecular complexity index is 591. The minimum absolute atomic E-state index is 0. The molecule has 6 heteroatoms. The van der Waals surface area contributed by atoms with Crippen LogP contribution in [0.1, 0.15) is 30.7 Å². The Morgan fingerprint density at radius 2 is 1.82 bits per heavy atom. The molecule has 0 unspecified atom stereocenters. The summed E-state index contributed by atoms with van der Waals surface area (Å²) in [5.74, 6) is 0.399. The Morgan fingerprint density at radius 1 is 1.14 bits per heavy atom. The highest BCUT2D eigenvalue weighted by atomic mass is 127. The number of aryl methyl sites for hydroxylation is 2. The van der Waals surface area contributed by atoms with Crippen molar-refractivity contribution in [2.75, 3.05) is 5.32 Å². The van der Waals surface area contributed by atoms with Gasteiger partial charge in [0.25, 0.3) is 0 Å². The van der Waals surface area contributed by atoms with Crippen LogP contribution in [0.4, 0.5) is 5.69 Å². The molecule has 22 heavy (non-hydrogen) atoms. The average Bonchev–Trinajstić information content (AvgIpc) is 2.54. The van der Waals surface area contributed by atoms with E-state index in [2.05, 4.69) is 52.6 Å². The molecule has 0 atom stereocenters. The van der Waals surface area contributed by atoms with Gasteiger partial charge in [0.15, 0.2) is 5.96 Å². The number of halogens is 1. The Labute approximate surface area is 148 Å². The molecule has 0 fully saturated rings. The largest absolute Gasteiger partial charge is 0.370 e. The van der Waals surface area contributed by atoms with Gasteiger partial charge in [-0.05, 0) is 36.1 Å². The zero-order valence-corrected chi connectivity index (χ0v) is 15.2. The van der Waals surface area contributed by atoms with Crippen LogP contribution in [0.2, 0.25) is 0 Å². The number of nitrogens with two attached hydrogens (primary N) is 1. The van der Waals surface area contributed by atoms with Gasteiger partial charge in [0.05, 0.1) is 12.2 Å². The van der Waals surface area contributed by atoms with Gasteiger partial charge in [-0.15, -0.1) is 24.0 Å². The molecular weight excluding hydrogens is 389 g/mol. The number of hydrogen-bond acceptors (Lipinski definition) is 3. The predicted molar refractivity (Wildman–Crippen MR) is 102 cm³/mol. The molecule has 2 rings (SSSR count). The summed E-state index contributed by atoms with van der Waals surface area (Å²) < 4.78 is 0. The lowest BCUT2D eigenvalue weighted by molar-refractivity contribution is 0.896. The van der Waals surface area contributed by atoms with Crippen molar-refractivity contribution in [3.63, 3.8) is 0 Å². The topological polar surface area (TPSA) is 76.2 Å². The SMILES string of the molecule is CCc1cccc(CC)c1NC(N)=NCc1cccnn1.I. The number of anilines is 1. The van der Waals surface area contributed by atoms with Gasteiger partial charge < -0.3 is 11.1 Å². The van der Waals surface area contributed by atoms with E-state index >= 15 is 0 Å². The maximum absolute atomic E-state index is 5.99. The number of hydrogen-bond donors (Lipinski definition) is 2. The molecule has 2 aromatic rings. The fourth-order valence-corrected chi connectivity index (χ4v) is 2.15. The van der Waals surface area contributed by atoms with Crippen LogP contribution >= 0.6 is 24.0 Å². The number of nitrogens with zero attached hydrogens (tertiary/aromatic N) is 3. The summed E-state index contributed by atoms with van der Waals surface area (Å²) in [4.78, 5) is 4.32. The smallest absolute Gasteiger partial charge is 0.193 e. The zero-order valence-electron chi connectivity index (χ0n) is 12.9. The molecule has 0 amide bonds.